The molecule has 0 N–H and O–H groups in total. The Morgan fingerprint density at radius 2 is 1.73 bits per heavy atom. The molecule has 0 atom stereocenters. The van der Waals surface area contributed by atoms with Gasteiger partial charge in [0.05, 0.1) is 12.0 Å². The molecule has 0 bridgehead atoms. The number of hydrogen-bond acceptors (Lipinski definition) is 6. The molecule has 0 fully saturated rings. The Kier molecular flexibility index (Phi) is 4.32. The first kappa shape index (κ1) is 15.8. The molecule has 8 heteroatoms. The highest BCUT2D eigenvalue weighted by Gasteiger charge is 2.18. The largest absolute Gasteiger partial charge is 0.496 e. The smallest absolute Gasteiger partial charge is 0.339 e. The van der Waals surface area contributed by atoms with Crippen molar-refractivity contribution in [1.29, 1.82) is 0 Å². The Labute approximate surface area is 127 Å². The quantitative estimate of drug-likeness (QED) is 0.477. The van der Waals surface area contributed by atoms with E-state index in [1.165, 1.54) is 49.6 Å². The van der Waals surface area contributed by atoms with E-state index >= 15 is 0 Å². The predicted octanol–water partition coefficient (Wildman–Crippen LogP) is 2.68. The van der Waals surface area contributed by atoms with Gasteiger partial charge in [0, 0.05) is 12.1 Å². The summed E-state index contributed by atoms with van der Waals surface area (Å²) in [6.07, 6.45) is 0. The second-order valence-corrected chi connectivity index (χ2v) is 5.97. The van der Waals surface area contributed by atoms with E-state index in [0.717, 1.165) is 0 Å². The van der Waals surface area contributed by atoms with Crippen molar-refractivity contribution in [2.24, 2.45) is 0 Å². The van der Waals surface area contributed by atoms with Crippen LogP contribution in [-0.2, 0) is 10.1 Å². The molecule has 0 aliphatic carbocycles. The lowest BCUT2D eigenvalue weighted by molar-refractivity contribution is -0.384. The number of non-ortho nitro benzene ring substituents is 1. The van der Waals surface area contributed by atoms with Gasteiger partial charge in [-0.15, -0.1) is 0 Å². The normalized spacial score (nSPS) is 11.0. The molecule has 116 valence electrons. The zero-order chi connectivity index (χ0) is 16.3. The fourth-order valence-electron chi connectivity index (χ4n) is 1.80. The molecule has 0 aromatic heterocycles. The van der Waals surface area contributed by atoms with Crippen LogP contribution in [0.25, 0.3) is 0 Å². The Morgan fingerprint density at radius 3 is 2.23 bits per heavy atom. The average molecular weight is 323 g/mol. The highest BCUT2D eigenvalue weighted by molar-refractivity contribution is 7.87. The summed E-state index contributed by atoms with van der Waals surface area (Å²) in [7, 11) is -2.53. The molecule has 0 radical (unpaired) electrons. The maximum atomic E-state index is 12.2. The number of nitro benzene ring substituents is 1. The third-order valence-corrected chi connectivity index (χ3v) is 4.15. The molecule has 0 unspecified atom stereocenters. The van der Waals surface area contributed by atoms with Crippen molar-refractivity contribution in [3.63, 3.8) is 0 Å². The lowest BCUT2D eigenvalue weighted by Gasteiger charge is -2.09. The molecule has 0 aliphatic heterocycles. The van der Waals surface area contributed by atoms with Crippen LogP contribution < -0.4 is 8.92 Å². The van der Waals surface area contributed by atoms with Crippen LogP contribution in [0.2, 0.25) is 0 Å². The molecule has 0 spiro atoms. The number of benzene rings is 2. The average Bonchev–Trinajstić information content (AvgIpc) is 2.47. The zero-order valence-corrected chi connectivity index (χ0v) is 12.7. The summed E-state index contributed by atoms with van der Waals surface area (Å²) >= 11 is 0. The van der Waals surface area contributed by atoms with Crippen molar-refractivity contribution in [1.82, 2.24) is 0 Å². The number of nitrogens with zero attached hydrogens (tertiary/aromatic N) is 1. The Hall–Kier alpha value is -2.61. The van der Waals surface area contributed by atoms with E-state index in [2.05, 4.69) is 0 Å². The van der Waals surface area contributed by atoms with Crippen molar-refractivity contribution < 1.29 is 22.3 Å². The monoisotopic (exact) mass is 323 g/mol. The van der Waals surface area contributed by atoms with Crippen LogP contribution in [0.3, 0.4) is 0 Å². The zero-order valence-electron chi connectivity index (χ0n) is 11.8. The van der Waals surface area contributed by atoms with E-state index in [1.807, 2.05) is 0 Å². The topological polar surface area (TPSA) is 95.7 Å². The molecule has 2 aromatic carbocycles. The first-order chi connectivity index (χ1) is 10.3. The van der Waals surface area contributed by atoms with E-state index in [1.54, 1.807) is 6.92 Å². The summed E-state index contributed by atoms with van der Waals surface area (Å²) in [6.45, 7) is 1.71. The van der Waals surface area contributed by atoms with E-state index in [9.17, 15) is 18.5 Å². The predicted molar refractivity (Wildman–Crippen MR) is 78.6 cm³/mol. The summed E-state index contributed by atoms with van der Waals surface area (Å²) < 4.78 is 34.4. The minimum Gasteiger partial charge on any atom is -0.496 e. The number of rotatable bonds is 5. The molecule has 0 saturated carbocycles. The van der Waals surface area contributed by atoms with Crippen molar-refractivity contribution in [2.45, 2.75) is 11.8 Å². The standard InChI is InChI=1S/C14H13NO6S/c1-10-9-13(7-8-14(10)20-2)22(18,19)21-12-5-3-11(4-6-12)15(16)17/h3-9H,1-2H3. The van der Waals surface area contributed by atoms with Crippen molar-refractivity contribution in [2.75, 3.05) is 7.11 Å². The minimum atomic E-state index is -4.02. The van der Waals surface area contributed by atoms with Gasteiger partial charge in [-0.05, 0) is 42.8 Å². The maximum absolute atomic E-state index is 12.2. The lowest BCUT2D eigenvalue weighted by Crippen LogP contribution is -2.10. The Morgan fingerprint density at radius 1 is 1.09 bits per heavy atom. The highest BCUT2D eigenvalue weighted by atomic mass is 32.2. The molecule has 0 saturated heterocycles. The molecular weight excluding hydrogens is 310 g/mol. The maximum Gasteiger partial charge on any atom is 0.339 e. The van der Waals surface area contributed by atoms with E-state index in [-0.39, 0.29) is 16.3 Å². The first-order valence-electron chi connectivity index (χ1n) is 6.17. The van der Waals surface area contributed by atoms with Crippen molar-refractivity contribution in [3.8, 4) is 11.5 Å². The van der Waals surface area contributed by atoms with Gasteiger partial charge in [-0.25, -0.2) is 0 Å². The number of methoxy groups -OCH3 is 1. The van der Waals surface area contributed by atoms with Crippen LogP contribution in [0.15, 0.2) is 47.4 Å². The number of hydrogen-bond donors (Lipinski definition) is 0. The van der Waals surface area contributed by atoms with Crippen LogP contribution in [0.4, 0.5) is 5.69 Å². The van der Waals surface area contributed by atoms with E-state index < -0.39 is 15.0 Å². The van der Waals surface area contributed by atoms with Crippen LogP contribution >= 0.6 is 0 Å². The molecule has 7 nitrogen and oxygen atoms in total. The fraction of sp³-hybridized carbons (Fsp3) is 0.143. The fourth-order valence-corrected chi connectivity index (χ4v) is 2.82. The van der Waals surface area contributed by atoms with Gasteiger partial charge >= 0.3 is 10.1 Å². The highest BCUT2D eigenvalue weighted by Crippen LogP contribution is 2.25. The first-order valence-corrected chi connectivity index (χ1v) is 7.58. The number of nitro groups is 1. The van der Waals surface area contributed by atoms with Crippen molar-refractivity contribution in [3.05, 3.63) is 58.1 Å². The van der Waals surface area contributed by atoms with Crippen molar-refractivity contribution >= 4 is 15.8 Å². The second-order valence-electron chi connectivity index (χ2n) is 4.42. The van der Waals surface area contributed by atoms with Crippen LogP contribution in [0.5, 0.6) is 11.5 Å². The van der Waals surface area contributed by atoms with Gasteiger partial charge < -0.3 is 8.92 Å². The van der Waals surface area contributed by atoms with Gasteiger partial charge in [0.15, 0.2) is 0 Å². The van der Waals surface area contributed by atoms with Crippen LogP contribution in [-0.4, -0.2) is 20.5 Å². The number of ether oxygens (including phenoxy) is 1. The van der Waals surface area contributed by atoms with Crippen LogP contribution in [0, 0.1) is 17.0 Å². The SMILES string of the molecule is COc1ccc(S(=O)(=O)Oc2ccc([N+](=O)[O-])cc2)cc1C. The summed E-state index contributed by atoms with van der Waals surface area (Å²) in [4.78, 5) is 9.95. The molecule has 0 aliphatic rings. The summed E-state index contributed by atoms with van der Waals surface area (Å²) in [5, 5.41) is 10.6. The van der Waals surface area contributed by atoms with E-state index in [0.29, 0.717) is 11.3 Å². The number of aryl methyl sites for hydroxylation is 1. The molecule has 2 aromatic rings. The van der Waals surface area contributed by atoms with Gasteiger partial charge in [-0.3, -0.25) is 10.1 Å². The molecular formula is C14H13NO6S. The summed E-state index contributed by atoms with van der Waals surface area (Å²) in [5.74, 6) is 0.563. The molecule has 2 rings (SSSR count). The third-order valence-electron chi connectivity index (χ3n) is 2.91. The summed E-state index contributed by atoms with van der Waals surface area (Å²) in [6, 6.07) is 9.12. The Balaban J connectivity index is 2.27. The minimum absolute atomic E-state index is 0.000860. The van der Waals surface area contributed by atoms with Gasteiger partial charge in [-0.1, -0.05) is 0 Å². The lowest BCUT2D eigenvalue weighted by atomic mass is 10.2. The molecule has 0 amide bonds. The molecule has 22 heavy (non-hydrogen) atoms. The van der Waals surface area contributed by atoms with Crippen LogP contribution in [0.1, 0.15) is 5.56 Å². The van der Waals surface area contributed by atoms with Gasteiger partial charge in [0.2, 0.25) is 0 Å². The second kappa shape index (κ2) is 6.02. The summed E-state index contributed by atoms with van der Waals surface area (Å²) in [5.41, 5.74) is 0.501. The van der Waals surface area contributed by atoms with Gasteiger partial charge in [-0.2, -0.15) is 8.42 Å². The van der Waals surface area contributed by atoms with E-state index in [4.69, 9.17) is 8.92 Å². The molecule has 0 heterocycles. The van der Waals surface area contributed by atoms with Gasteiger partial charge in [0.1, 0.15) is 16.4 Å². The Bertz CT molecular complexity index is 799. The third kappa shape index (κ3) is 3.34. The van der Waals surface area contributed by atoms with Gasteiger partial charge in [0.25, 0.3) is 5.69 Å².